The lowest BCUT2D eigenvalue weighted by atomic mass is 10.1. The number of hydrogen-bond acceptors (Lipinski definition) is 5. The Hall–Kier alpha value is -3.11. The van der Waals surface area contributed by atoms with Gasteiger partial charge in [-0.3, -0.25) is 4.79 Å². The first-order chi connectivity index (χ1) is 13.7. The minimum Gasteiger partial charge on any atom is -0.356 e. The fourth-order valence-electron chi connectivity index (χ4n) is 2.47. The molecule has 0 aliphatic carbocycles. The molecule has 7 nitrogen and oxygen atoms in total. The molecular weight excluding hydrogens is 404 g/mol. The van der Waals surface area contributed by atoms with Crippen LogP contribution >= 0.6 is 0 Å². The summed E-state index contributed by atoms with van der Waals surface area (Å²) in [5.74, 6) is -1.84. The van der Waals surface area contributed by atoms with Gasteiger partial charge < -0.3 is 9.84 Å². The summed E-state index contributed by atoms with van der Waals surface area (Å²) in [7, 11) is -0.746. The smallest absolute Gasteiger partial charge is 0.251 e. The van der Waals surface area contributed by atoms with Gasteiger partial charge in [-0.15, -0.1) is 0 Å². The Bertz CT molecular complexity index is 1140. The van der Waals surface area contributed by atoms with Crippen molar-refractivity contribution in [3.05, 3.63) is 71.4 Å². The Kier molecular flexibility index (Phi) is 5.76. The molecule has 1 heterocycles. The molecule has 0 aliphatic heterocycles. The largest absolute Gasteiger partial charge is 0.356 e. The topological polar surface area (TPSA) is 92.5 Å². The lowest BCUT2D eigenvalue weighted by molar-refractivity contribution is 0.0950. The number of benzene rings is 2. The molecule has 152 valence electrons. The first kappa shape index (κ1) is 20.6. The number of hydrogen-bond donors (Lipinski definition) is 1. The molecule has 0 saturated carbocycles. The van der Waals surface area contributed by atoms with E-state index in [1.54, 1.807) is 0 Å². The van der Waals surface area contributed by atoms with Crippen LogP contribution in [0.5, 0.6) is 0 Å². The van der Waals surface area contributed by atoms with Crippen LogP contribution in [0, 0.1) is 11.6 Å². The summed E-state index contributed by atoms with van der Waals surface area (Å²) < 4.78 is 57.0. The van der Waals surface area contributed by atoms with E-state index in [9.17, 15) is 22.0 Å². The monoisotopic (exact) mass is 421 g/mol. The highest BCUT2D eigenvalue weighted by molar-refractivity contribution is 7.89. The van der Waals surface area contributed by atoms with Crippen LogP contribution in [-0.2, 0) is 16.6 Å². The molecule has 0 bridgehead atoms. The molecule has 1 amide bonds. The molecule has 2 aromatic carbocycles. The Labute approximate surface area is 166 Å². The summed E-state index contributed by atoms with van der Waals surface area (Å²) in [6.45, 7) is 0.00287. The molecule has 0 saturated heterocycles. The van der Waals surface area contributed by atoms with E-state index in [2.05, 4.69) is 10.5 Å². The Balaban J connectivity index is 1.66. The number of carbonyl (C=O) groups excluding carboxylic acids is 1. The van der Waals surface area contributed by atoms with Crippen molar-refractivity contribution in [1.82, 2.24) is 14.8 Å². The van der Waals surface area contributed by atoms with Crippen molar-refractivity contribution in [3.8, 4) is 11.3 Å². The van der Waals surface area contributed by atoms with Gasteiger partial charge in [-0.2, -0.15) is 0 Å². The molecule has 3 aromatic rings. The molecule has 0 radical (unpaired) electrons. The van der Waals surface area contributed by atoms with Gasteiger partial charge in [0.2, 0.25) is 10.0 Å². The van der Waals surface area contributed by atoms with E-state index >= 15 is 0 Å². The number of rotatable bonds is 6. The number of halogens is 2. The Morgan fingerprint density at radius 3 is 2.41 bits per heavy atom. The maximum atomic E-state index is 13.8. The predicted molar refractivity (Wildman–Crippen MR) is 100 cm³/mol. The molecule has 10 heteroatoms. The fourth-order valence-corrected chi connectivity index (χ4v) is 3.38. The third-order valence-corrected chi connectivity index (χ3v) is 5.91. The molecule has 29 heavy (non-hydrogen) atoms. The van der Waals surface area contributed by atoms with Crippen molar-refractivity contribution in [2.24, 2.45) is 0 Å². The highest BCUT2D eigenvalue weighted by Gasteiger charge is 2.18. The van der Waals surface area contributed by atoms with E-state index in [0.29, 0.717) is 5.69 Å². The number of amides is 1. The van der Waals surface area contributed by atoms with Crippen molar-refractivity contribution < 1.29 is 26.5 Å². The first-order valence-electron chi connectivity index (χ1n) is 8.40. The van der Waals surface area contributed by atoms with Gasteiger partial charge in [0.25, 0.3) is 5.91 Å². The third kappa shape index (κ3) is 4.49. The standard InChI is InChI=1S/C19H17F2N3O4S/c1-24(2)29(26,27)15-6-3-12(4-7-15)19(25)22-11-14-10-18(28-23-14)16-8-5-13(20)9-17(16)21/h3-10H,11H2,1-2H3,(H,22,25). The van der Waals surface area contributed by atoms with Gasteiger partial charge in [-0.05, 0) is 36.4 Å². The first-order valence-corrected chi connectivity index (χ1v) is 9.84. The van der Waals surface area contributed by atoms with E-state index in [1.807, 2.05) is 0 Å². The fraction of sp³-hybridized carbons (Fsp3) is 0.158. The van der Waals surface area contributed by atoms with Crippen LogP contribution in [0.15, 0.2) is 57.9 Å². The molecular formula is C19H17F2N3O4S. The lowest BCUT2D eigenvalue weighted by Crippen LogP contribution is -2.24. The zero-order valence-corrected chi connectivity index (χ0v) is 16.3. The summed E-state index contributed by atoms with van der Waals surface area (Å²) in [4.78, 5) is 12.3. The van der Waals surface area contributed by atoms with Gasteiger partial charge in [0.15, 0.2) is 5.76 Å². The minimum absolute atomic E-state index is 0.00287. The van der Waals surface area contributed by atoms with Gasteiger partial charge in [0, 0.05) is 31.8 Å². The zero-order chi connectivity index (χ0) is 21.2. The SMILES string of the molecule is CN(C)S(=O)(=O)c1ccc(C(=O)NCc2cc(-c3ccc(F)cc3F)on2)cc1. The molecule has 1 aromatic heterocycles. The Morgan fingerprint density at radius 2 is 1.79 bits per heavy atom. The van der Waals surface area contributed by atoms with Crippen LogP contribution in [-0.4, -0.2) is 37.9 Å². The van der Waals surface area contributed by atoms with Crippen molar-refractivity contribution in [1.29, 1.82) is 0 Å². The van der Waals surface area contributed by atoms with Crippen molar-refractivity contribution >= 4 is 15.9 Å². The van der Waals surface area contributed by atoms with E-state index in [4.69, 9.17) is 4.52 Å². The predicted octanol–water partition coefficient (Wildman–Crippen LogP) is 2.80. The normalized spacial score (nSPS) is 11.6. The number of nitrogens with zero attached hydrogens (tertiary/aromatic N) is 2. The molecule has 0 atom stereocenters. The highest BCUT2D eigenvalue weighted by atomic mass is 32.2. The van der Waals surface area contributed by atoms with Gasteiger partial charge >= 0.3 is 0 Å². The summed E-state index contributed by atoms with van der Waals surface area (Å²) >= 11 is 0. The lowest BCUT2D eigenvalue weighted by Gasteiger charge is -2.11. The van der Waals surface area contributed by atoms with Crippen LogP contribution in [0.3, 0.4) is 0 Å². The number of aromatic nitrogens is 1. The van der Waals surface area contributed by atoms with Gasteiger partial charge in [-0.25, -0.2) is 21.5 Å². The van der Waals surface area contributed by atoms with Crippen LogP contribution in [0.4, 0.5) is 8.78 Å². The summed E-state index contributed by atoms with van der Waals surface area (Å²) in [6.07, 6.45) is 0. The molecule has 0 fully saturated rings. The molecule has 3 rings (SSSR count). The average molecular weight is 421 g/mol. The summed E-state index contributed by atoms with van der Waals surface area (Å²) in [5.41, 5.74) is 0.647. The zero-order valence-electron chi connectivity index (χ0n) is 15.5. The van der Waals surface area contributed by atoms with Gasteiger partial charge in [0.1, 0.15) is 17.3 Å². The van der Waals surface area contributed by atoms with Crippen molar-refractivity contribution in [2.75, 3.05) is 14.1 Å². The van der Waals surface area contributed by atoms with E-state index < -0.39 is 27.6 Å². The quantitative estimate of drug-likeness (QED) is 0.661. The van der Waals surface area contributed by atoms with Crippen LogP contribution < -0.4 is 5.32 Å². The molecule has 0 spiro atoms. The maximum absolute atomic E-state index is 13.8. The van der Waals surface area contributed by atoms with Crippen LogP contribution in [0.1, 0.15) is 16.1 Å². The van der Waals surface area contributed by atoms with Gasteiger partial charge in [0.05, 0.1) is 17.0 Å². The van der Waals surface area contributed by atoms with E-state index in [0.717, 1.165) is 16.4 Å². The maximum Gasteiger partial charge on any atom is 0.251 e. The molecule has 1 N–H and O–H groups in total. The van der Waals surface area contributed by atoms with E-state index in [-0.39, 0.29) is 28.3 Å². The van der Waals surface area contributed by atoms with Crippen LogP contribution in [0.25, 0.3) is 11.3 Å². The third-order valence-electron chi connectivity index (χ3n) is 4.08. The average Bonchev–Trinajstić information content (AvgIpc) is 3.14. The highest BCUT2D eigenvalue weighted by Crippen LogP contribution is 2.24. The Morgan fingerprint density at radius 1 is 1.10 bits per heavy atom. The second-order valence-corrected chi connectivity index (χ2v) is 8.45. The number of nitrogens with one attached hydrogen (secondary N) is 1. The summed E-state index contributed by atoms with van der Waals surface area (Å²) in [6, 6.07) is 9.98. The summed E-state index contributed by atoms with van der Waals surface area (Å²) in [5, 5.41) is 6.36. The van der Waals surface area contributed by atoms with Crippen molar-refractivity contribution in [3.63, 3.8) is 0 Å². The number of sulfonamides is 1. The van der Waals surface area contributed by atoms with Crippen LogP contribution in [0.2, 0.25) is 0 Å². The second-order valence-electron chi connectivity index (χ2n) is 6.30. The minimum atomic E-state index is -3.58. The van der Waals surface area contributed by atoms with Gasteiger partial charge in [-0.1, -0.05) is 5.16 Å². The molecule has 0 unspecified atom stereocenters. The second kappa shape index (κ2) is 8.10. The van der Waals surface area contributed by atoms with E-state index in [1.165, 1.54) is 50.5 Å². The molecule has 0 aliphatic rings. The van der Waals surface area contributed by atoms with Crippen molar-refractivity contribution in [2.45, 2.75) is 11.4 Å². The number of carbonyl (C=O) groups is 1.